The minimum Gasteiger partial charge on any atom is -0.354 e. The Kier molecular flexibility index (Phi) is 6.97. The van der Waals surface area contributed by atoms with Gasteiger partial charge < -0.3 is 10.2 Å². The van der Waals surface area contributed by atoms with E-state index in [1.165, 1.54) is 6.07 Å². The third kappa shape index (κ3) is 5.50. The molecule has 30 heavy (non-hydrogen) atoms. The number of carbonyl (C=O) groups is 1. The molecular weight excluding hydrogens is 393 g/mol. The predicted molar refractivity (Wildman–Crippen MR) is 112 cm³/mol. The standard InChI is InChI=1S/C22H27F3N4O/c1-3-16(2)18-6-4-5-7-19(18)27-21(30)15-28-10-12-29(13-11-28)20-9-8-17(14-26-20)22(23,24)25/h4-9,14,16H,3,10-13,15H2,1-2H3,(H,27,30)/t16-/m0/s1. The number of aromatic nitrogens is 1. The zero-order chi connectivity index (χ0) is 21.7. The van der Waals surface area contributed by atoms with Crippen LogP contribution in [0.4, 0.5) is 24.7 Å². The number of pyridine rings is 1. The molecule has 1 N–H and O–H groups in total. The molecule has 0 bridgehead atoms. The van der Waals surface area contributed by atoms with Gasteiger partial charge in [0, 0.05) is 38.1 Å². The SMILES string of the molecule is CC[C@H](C)c1ccccc1NC(=O)CN1CCN(c2ccc(C(F)(F)F)cn2)CC1. The predicted octanol–water partition coefficient (Wildman–Crippen LogP) is 4.37. The van der Waals surface area contributed by atoms with E-state index in [2.05, 4.69) is 24.1 Å². The van der Waals surface area contributed by atoms with Crippen LogP contribution in [0.15, 0.2) is 42.6 Å². The molecule has 1 atom stereocenters. The highest BCUT2D eigenvalue weighted by Gasteiger charge is 2.31. The summed E-state index contributed by atoms with van der Waals surface area (Å²) in [4.78, 5) is 20.5. The minimum absolute atomic E-state index is 0.0631. The van der Waals surface area contributed by atoms with E-state index in [1.807, 2.05) is 34.1 Å². The van der Waals surface area contributed by atoms with Crippen LogP contribution in [0.3, 0.4) is 0 Å². The van der Waals surface area contributed by atoms with Crippen LogP contribution in [-0.2, 0) is 11.0 Å². The molecule has 0 saturated carbocycles. The third-order valence-corrected chi connectivity index (χ3v) is 5.52. The van der Waals surface area contributed by atoms with E-state index in [0.717, 1.165) is 29.9 Å². The van der Waals surface area contributed by atoms with E-state index in [0.29, 0.717) is 37.9 Å². The highest BCUT2D eigenvalue weighted by Crippen LogP contribution is 2.29. The summed E-state index contributed by atoms with van der Waals surface area (Å²) in [6.45, 7) is 7.04. The maximum atomic E-state index is 12.7. The molecule has 5 nitrogen and oxygen atoms in total. The van der Waals surface area contributed by atoms with Crippen LogP contribution in [-0.4, -0.2) is 48.5 Å². The lowest BCUT2D eigenvalue weighted by molar-refractivity contribution is -0.137. The van der Waals surface area contributed by atoms with Crippen LogP contribution in [0.1, 0.15) is 37.3 Å². The van der Waals surface area contributed by atoms with Gasteiger partial charge in [-0.3, -0.25) is 9.69 Å². The molecule has 1 aromatic heterocycles. The van der Waals surface area contributed by atoms with Crippen LogP contribution in [0, 0.1) is 0 Å². The topological polar surface area (TPSA) is 48.5 Å². The average molecular weight is 420 g/mol. The normalized spacial score (nSPS) is 16.4. The second-order valence-corrected chi connectivity index (χ2v) is 7.61. The summed E-state index contributed by atoms with van der Waals surface area (Å²) in [6, 6.07) is 10.3. The number of amides is 1. The molecule has 1 aliphatic rings. The van der Waals surface area contributed by atoms with Crippen molar-refractivity contribution >= 4 is 17.4 Å². The third-order valence-electron chi connectivity index (χ3n) is 5.52. The van der Waals surface area contributed by atoms with E-state index in [1.54, 1.807) is 0 Å². The molecule has 0 radical (unpaired) electrons. The lowest BCUT2D eigenvalue weighted by Crippen LogP contribution is -2.49. The summed E-state index contributed by atoms with van der Waals surface area (Å²) < 4.78 is 38.0. The first-order valence-electron chi connectivity index (χ1n) is 10.2. The van der Waals surface area contributed by atoms with Gasteiger partial charge in [-0.25, -0.2) is 4.98 Å². The molecule has 162 valence electrons. The van der Waals surface area contributed by atoms with Gasteiger partial charge in [-0.05, 0) is 36.1 Å². The summed E-state index contributed by atoms with van der Waals surface area (Å²) in [5.74, 6) is 0.822. The number of rotatable bonds is 6. The van der Waals surface area contributed by atoms with Crippen LogP contribution in [0.2, 0.25) is 0 Å². The monoisotopic (exact) mass is 420 g/mol. The maximum Gasteiger partial charge on any atom is 0.417 e. The first kappa shape index (κ1) is 22.1. The summed E-state index contributed by atoms with van der Waals surface area (Å²) in [7, 11) is 0. The summed E-state index contributed by atoms with van der Waals surface area (Å²) in [5, 5.41) is 3.02. The number of carbonyl (C=O) groups excluding carboxylic acids is 1. The van der Waals surface area contributed by atoms with Crippen molar-refractivity contribution < 1.29 is 18.0 Å². The molecule has 1 aromatic carbocycles. The van der Waals surface area contributed by atoms with Crippen LogP contribution in [0.5, 0.6) is 0 Å². The lowest BCUT2D eigenvalue weighted by atomic mass is 9.97. The van der Waals surface area contributed by atoms with E-state index in [-0.39, 0.29) is 12.5 Å². The largest absolute Gasteiger partial charge is 0.417 e. The molecule has 2 heterocycles. The van der Waals surface area contributed by atoms with Gasteiger partial charge in [-0.1, -0.05) is 32.0 Å². The molecule has 8 heteroatoms. The van der Waals surface area contributed by atoms with Gasteiger partial charge >= 0.3 is 6.18 Å². The van der Waals surface area contributed by atoms with Crippen molar-refractivity contribution in [1.82, 2.24) is 9.88 Å². The molecular formula is C22H27F3N4O. The van der Waals surface area contributed by atoms with E-state index in [9.17, 15) is 18.0 Å². The zero-order valence-corrected chi connectivity index (χ0v) is 17.2. The summed E-state index contributed by atoms with van der Waals surface area (Å²) in [6.07, 6.45) is -2.53. The Labute approximate surface area is 174 Å². The van der Waals surface area contributed by atoms with Gasteiger partial charge in [0.1, 0.15) is 5.82 Å². The fraction of sp³-hybridized carbons (Fsp3) is 0.455. The molecule has 1 fully saturated rings. The van der Waals surface area contributed by atoms with Gasteiger partial charge in [0.25, 0.3) is 0 Å². The Morgan fingerprint density at radius 2 is 1.83 bits per heavy atom. The second-order valence-electron chi connectivity index (χ2n) is 7.61. The Hall–Kier alpha value is -2.61. The van der Waals surface area contributed by atoms with Crippen molar-refractivity contribution in [2.45, 2.75) is 32.4 Å². The fourth-order valence-corrected chi connectivity index (χ4v) is 3.53. The Balaban J connectivity index is 1.52. The van der Waals surface area contributed by atoms with Crippen molar-refractivity contribution in [3.8, 4) is 0 Å². The Morgan fingerprint density at radius 1 is 1.13 bits per heavy atom. The molecule has 0 unspecified atom stereocenters. The van der Waals surface area contributed by atoms with Gasteiger partial charge in [0.05, 0.1) is 12.1 Å². The number of nitrogens with zero attached hydrogens (tertiary/aromatic N) is 3. The maximum absolute atomic E-state index is 12.7. The van der Waals surface area contributed by atoms with Crippen molar-refractivity contribution in [2.24, 2.45) is 0 Å². The molecule has 1 saturated heterocycles. The highest BCUT2D eigenvalue weighted by molar-refractivity contribution is 5.93. The summed E-state index contributed by atoms with van der Waals surface area (Å²) >= 11 is 0. The van der Waals surface area contributed by atoms with Crippen molar-refractivity contribution in [1.29, 1.82) is 0 Å². The smallest absolute Gasteiger partial charge is 0.354 e. The quantitative estimate of drug-likeness (QED) is 0.754. The molecule has 2 aromatic rings. The first-order chi connectivity index (χ1) is 14.3. The van der Waals surface area contributed by atoms with Crippen molar-refractivity contribution in [3.63, 3.8) is 0 Å². The number of benzene rings is 1. The average Bonchev–Trinajstić information content (AvgIpc) is 2.73. The zero-order valence-electron chi connectivity index (χ0n) is 17.2. The molecule has 0 aliphatic carbocycles. The number of anilines is 2. The minimum atomic E-state index is -4.38. The van der Waals surface area contributed by atoms with Crippen LogP contribution < -0.4 is 10.2 Å². The second kappa shape index (κ2) is 9.47. The van der Waals surface area contributed by atoms with Gasteiger partial charge in [0.2, 0.25) is 5.91 Å². The fourth-order valence-electron chi connectivity index (χ4n) is 3.53. The molecule has 1 aliphatic heterocycles. The van der Waals surface area contributed by atoms with Gasteiger partial charge in [-0.15, -0.1) is 0 Å². The van der Waals surface area contributed by atoms with Gasteiger partial charge in [-0.2, -0.15) is 13.2 Å². The van der Waals surface area contributed by atoms with Gasteiger partial charge in [0.15, 0.2) is 0 Å². The van der Waals surface area contributed by atoms with Crippen LogP contribution in [0.25, 0.3) is 0 Å². The molecule has 1 amide bonds. The number of para-hydroxylation sites is 1. The number of piperazine rings is 1. The van der Waals surface area contributed by atoms with Crippen molar-refractivity contribution in [2.75, 3.05) is 42.9 Å². The van der Waals surface area contributed by atoms with E-state index >= 15 is 0 Å². The van der Waals surface area contributed by atoms with Crippen molar-refractivity contribution in [3.05, 3.63) is 53.7 Å². The number of halogens is 3. The van der Waals surface area contributed by atoms with Crippen LogP contribution >= 0.6 is 0 Å². The molecule has 0 spiro atoms. The summed E-state index contributed by atoms with van der Waals surface area (Å²) in [5.41, 5.74) is 1.23. The number of alkyl halides is 3. The Morgan fingerprint density at radius 3 is 2.43 bits per heavy atom. The Bertz CT molecular complexity index is 846. The number of hydrogen-bond donors (Lipinski definition) is 1. The number of hydrogen-bond acceptors (Lipinski definition) is 4. The van der Waals surface area contributed by atoms with E-state index in [4.69, 9.17) is 0 Å². The highest BCUT2D eigenvalue weighted by atomic mass is 19.4. The lowest BCUT2D eigenvalue weighted by Gasteiger charge is -2.35. The first-order valence-corrected chi connectivity index (χ1v) is 10.2. The molecule has 3 rings (SSSR count). The number of nitrogens with one attached hydrogen (secondary N) is 1. The van der Waals surface area contributed by atoms with E-state index < -0.39 is 11.7 Å².